The van der Waals surface area contributed by atoms with Gasteiger partial charge in [-0.05, 0) is 63.4 Å². The SMILES string of the molecule is Cc1nc2ccc(C(=O)N3C4CCC3c3nn(C)c(-c5cc(F)c(F)c(F)c5)c3C4)cc2nc1C. The maximum Gasteiger partial charge on any atom is 0.254 e. The van der Waals surface area contributed by atoms with Crippen molar-refractivity contribution in [3.05, 3.63) is 76.0 Å². The molecule has 4 heterocycles. The summed E-state index contributed by atoms with van der Waals surface area (Å²) in [5, 5.41) is 4.65. The van der Waals surface area contributed by atoms with Crippen molar-refractivity contribution in [1.29, 1.82) is 0 Å². The van der Waals surface area contributed by atoms with Crippen LogP contribution in [0.15, 0.2) is 30.3 Å². The maximum absolute atomic E-state index is 14.0. The number of hydrogen-bond donors (Lipinski definition) is 0. The fraction of sp³-hybridized carbons (Fsp3) is 0.308. The van der Waals surface area contributed by atoms with E-state index >= 15 is 0 Å². The third-order valence-electron chi connectivity index (χ3n) is 7.25. The Kier molecular flexibility index (Phi) is 4.74. The molecule has 6 rings (SSSR count). The molecule has 35 heavy (non-hydrogen) atoms. The molecule has 0 N–H and O–H groups in total. The molecule has 6 nitrogen and oxygen atoms in total. The molecule has 1 saturated heterocycles. The highest BCUT2D eigenvalue weighted by Crippen LogP contribution is 2.46. The van der Waals surface area contributed by atoms with Crippen molar-refractivity contribution >= 4 is 16.9 Å². The minimum atomic E-state index is -1.49. The number of carbonyl (C=O) groups excluding carboxylic acids is 1. The monoisotopic (exact) mass is 477 g/mol. The highest BCUT2D eigenvalue weighted by atomic mass is 19.2. The molecular weight excluding hydrogens is 455 g/mol. The van der Waals surface area contributed by atoms with Crippen molar-refractivity contribution in [3.63, 3.8) is 0 Å². The fourth-order valence-electron chi connectivity index (χ4n) is 5.52. The van der Waals surface area contributed by atoms with Gasteiger partial charge in [0.1, 0.15) is 0 Å². The minimum Gasteiger partial charge on any atom is -0.327 e. The van der Waals surface area contributed by atoms with E-state index in [4.69, 9.17) is 0 Å². The van der Waals surface area contributed by atoms with Crippen LogP contribution in [0.25, 0.3) is 22.3 Å². The zero-order chi connectivity index (χ0) is 24.6. The number of carbonyl (C=O) groups is 1. The number of nitrogens with zero attached hydrogens (tertiary/aromatic N) is 5. The summed E-state index contributed by atoms with van der Waals surface area (Å²) >= 11 is 0. The topological polar surface area (TPSA) is 63.9 Å². The average Bonchev–Trinajstić information content (AvgIpc) is 3.33. The molecule has 0 aliphatic carbocycles. The van der Waals surface area contributed by atoms with Crippen LogP contribution in [0.5, 0.6) is 0 Å². The van der Waals surface area contributed by atoms with Crippen molar-refractivity contribution in [1.82, 2.24) is 24.6 Å². The lowest BCUT2D eigenvalue weighted by atomic mass is 9.94. The Labute approximate surface area is 199 Å². The molecule has 2 aliphatic rings. The number of hydrogen-bond acceptors (Lipinski definition) is 4. The summed E-state index contributed by atoms with van der Waals surface area (Å²) in [7, 11) is 1.69. The Hall–Kier alpha value is -3.75. The quantitative estimate of drug-likeness (QED) is 0.383. The largest absolute Gasteiger partial charge is 0.327 e. The highest BCUT2D eigenvalue weighted by Gasteiger charge is 2.46. The molecule has 2 aromatic carbocycles. The van der Waals surface area contributed by atoms with Gasteiger partial charge < -0.3 is 4.90 Å². The molecule has 9 heteroatoms. The Balaban J connectivity index is 1.39. The van der Waals surface area contributed by atoms with Crippen LogP contribution in [-0.2, 0) is 13.5 Å². The van der Waals surface area contributed by atoms with E-state index in [0.29, 0.717) is 23.2 Å². The van der Waals surface area contributed by atoms with Crippen molar-refractivity contribution in [2.45, 2.75) is 45.2 Å². The van der Waals surface area contributed by atoms with Gasteiger partial charge in [-0.3, -0.25) is 9.48 Å². The Bertz CT molecular complexity index is 1520. The molecule has 2 aliphatic heterocycles. The number of halogens is 3. The van der Waals surface area contributed by atoms with Gasteiger partial charge >= 0.3 is 0 Å². The van der Waals surface area contributed by atoms with Crippen LogP contribution < -0.4 is 0 Å². The highest BCUT2D eigenvalue weighted by molar-refractivity contribution is 5.98. The third kappa shape index (κ3) is 3.25. The van der Waals surface area contributed by atoms with Gasteiger partial charge in [0.25, 0.3) is 5.91 Å². The van der Waals surface area contributed by atoms with Crippen molar-refractivity contribution in [3.8, 4) is 11.3 Å². The van der Waals surface area contributed by atoms with Crippen molar-refractivity contribution in [2.75, 3.05) is 0 Å². The number of amides is 1. The smallest absolute Gasteiger partial charge is 0.254 e. The first-order valence-electron chi connectivity index (χ1n) is 11.5. The summed E-state index contributed by atoms with van der Waals surface area (Å²) < 4.78 is 43.0. The molecule has 4 aromatic rings. The summed E-state index contributed by atoms with van der Waals surface area (Å²) in [4.78, 5) is 24.7. The van der Waals surface area contributed by atoms with E-state index in [-0.39, 0.29) is 23.6 Å². The van der Waals surface area contributed by atoms with Gasteiger partial charge in [-0.15, -0.1) is 0 Å². The number of fused-ring (bicyclic) bond motifs is 5. The Morgan fingerprint density at radius 3 is 2.37 bits per heavy atom. The Morgan fingerprint density at radius 1 is 0.971 bits per heavy atom. The standard InChI is InChI=1S/C26H22F3N5O/c1-12-13(2)31-21-10-14(4-6-20(21)30-12)26(35)34-16-5-7-22(34)24-17(11-16)25(33(3)32-24)15-8-18(27)23(29)19(28)9-15/h4,6,8-10,16,22H,5,7,11H2,1-3H3. The first-order valence-corrected chi connectivity index (χ1v) is 11.5. The van der Waals surface area contributed by atoms with Crippen LogP contribution in [0.3, 0.4) is 0 Å². The van der Waals surface area contributed by atoms with E-state index in [1.54, 1.807) is 23.9 Å². The van der Waals surface area contributed by atoms with Crippen LogP contribution in [0.4, 0.5) is 13.2 Å². The Morgan fingerprint density at radius 2 is 1.66 bits per heavy atom. The zero-order valence-corrected chi connectivity index (χ0v) is 19.4. The third-order valence-corrected chi connectivity index (χ3v) is 7.25. The van der Waals surface area contributed by atoms with E-state index in [0.717, 1.165) is 53.1 Å². The van der Waals surface area contributed by atoms with Gasteiger partial charge in [-0.2, -0.15) is 5.10 Å². The minimum absolute atomic E-state index is 0.0698. The van der Waals surface area contributed by atoms with Crippen molar-refractivity contribution < 1.29 is 18.0 Å². The summed E-state index contributed by atoms with van der Waals surface area (Å²) in [5.41, 5.74) is 5.97. The molecule has 2 atom stereocenters. The van der Waals surface area contributed by atoms with E-state index in [1.165, 1.54) is 0 Å². The van der Waals surface area contributed by atoms with E-state index in [9.17, 15) is 18.0 Å². The predicted molar refractivity (Wildman–Crippen MR) is 123 cm³/mol. The van der Waals surface area contributed by atoms with E-state index < -0.39 is 17.5 Å². The van der Waals surface area contributed by atoms with Gasteiger partial charge in [0.2, 0.25) is 0 Å². The van der Waals surface area contributed by atoms with Crippen LogP contribution in [0, 0.1) is 31.3 Å². The summed E-state index contributed by atoms with van der Waals surface area (Å²) in [6, 6.07) is 7.05. The van der Waals surface area contributed by atoms with Gasteiger partial charge in [0, 0.05) is 29.8 Å². The van der Waals surface area contributed by atoms with Crippen LogP contribution >= 0.6 is 0 Å². The van der Waals surface area contributed by atoms with Crippen LogP contribution in [-0.4, -0.2) is 36.6 Å². The number of rotatable bonds is 2. The molecule has 0 spiro atoms. The van der Waals surface area contributed by atoms with Crippen LogP contribution in [0.1, 0.15) is 51.9 Å². The summed E-state index contributed by atoms with van der Waals surface area (Å²) in [5.74, 6) is -4.08. The summed E-state index contributed by atoms with van der Waals surface area (Å²) in [6.07, 6.45) is 2.05. The lowest BCUT2D eigenvalue weighted by Gasteiger charge is -2.34. The number of aromatic nitrogens is 4. The maximum atomic E-state index is 14.0. The zero-order valence-electron chi connectivity index (χ0n) is 19.4. The average molecular weight is 477 g/mol. The normalized spacial score (nSPS) is 18.9. The van der Waals surface area contributed by atoms with Gasteiger partial charge in [0.05, 0.1) is 39.9 Å². The second-order valence-electron chi connectivity index (χ2n) is 9.35. The second kappa shape index (κ2) is 7.63. The lowest BCUT2D eigenvalue weighted by molar-refractivity contribution is 0.0642. The summed E-state index contributed by atoms with van der Waals surface area (Å²) in [6.45, 7) is 3.79. The van der Waals surface area contributed by atoms with Crippen molar-refractivity contribution in [2.24, 2.45) is 7.05 Å². The molecule has 2 unspecified atom stereocenters. The van der Waals surface area contributed by atoms with Crippen LogP contribution in [0.2, 0.25) is 0 Å². The van der Waals surface area contributed by atoms with Gasteiger partial charge in [0.15, 0.2) is 17.5 Å². The van der Waals surface area contributed by atoms with Gasteiger partial charge in [-0.25, -0.2) is 23.1 Å². The van der Waals surface area contributed by atoms with E-state index in [1.807, 2.05) is 24.8 Å². The lowest BCUT2D eigenvalue weighted by Crippen LogP contribution is -2.41. The van der Waals surface area contributed by atoms with E-state index in [2.05, 4.69) is 15.1 Å². The molecule has 0 radical (unpaired) electrons. The molecular formula is C26H22F3N5O. The molecule has 178 valence electrons. The molecule has 0 saturated carbocycles. The number of aryl methyl sites for hydroxylation is 3. The molecule has 2 aromatic heterocycles. The van der Waals surface area contributed by atoms with Gasteiger partial charge in [-0.1, -0.05) is 0 Å². The first-order chi connectivity index (χ1) is 16.7. The molecule has 2 bridgehead atoms. The second-order valence-corrected chi connectivity index (χ2v) is 9.35. The fourth-order valence-corrected chi connectivity index (χ4v) is 5.52. The first kappa shape index (κ1) is 21.8. The molecule has 1 fully saturated rings. The predicted octanol–water partition coefficient (Wildman–Crippen LogP) is 4.97. The number of benzene rings is 2. The molecule has 1 amide bonds.